The van der Waals surface area contributed by atoms with E-state index < -0.39 is 0 Å². The molecule has 1 aromatic heterocycles. The van der Waals surface area contributed by atoms with E-state index >= 15 is 0 Å². The predicted octanol–water partition coefficient (Wildman–Crippen LogP) is 5.69. The molecule has 3 aromatic carbocycles. The highest BCUT2D eigenvalue weighted by Gasteiger charge is 2.38. The van der Waals surface area contributed by atoms with Crippen LogP contribution in [0.25, 0.3) is 0 Å². The second-order valence-electron chi connectivity index (χ2n) is 10.3. The van der Waals surface area contributed by atoms with Crippen LogP contribution in [-0.2, 0) is 20.1 Å². The van der Waals surface area contributed by atoms with Gasteiger partial charge in [0.1, 0.15) is 0 Å². The van der Waals surface area contributed by atoms with Crippen LogP contribution in [0, 0.1) is 0 Å². The summed E-state index contributed by atoms with van der Waals surface area (Å²) in [6, 6.07) is 35.9. The van der Waals surface area contributed by atoms with Crippen LogP contribution in [0.1, 0.15) is 34.3 Å². The molecule has 0 saturated carbocycles. The third-order valence-electron chi connectivity index (χ3n) is 8.07. The Morgan fingerprint density at radius 2 is 1.42 bits per heavy atom. The highest BCUT2D eigenvalue weighted by atomic mass is 15.3. The summed E-state index contributed by atoms with van der Waals surface area (Å²) in [6.07, 6.45) is 2.20. The number of para-hydroxylation sites is 1. The topological polar surface area (TPSA) is 14.7 Å². The number of aromatic nitrogens is 1. The fourth-order valence-corrected chi connectivity index (χ4v) is 6.23. The van der Waals surface area contributed by atoms with E-state index in [1.807, 2.05) is 0 Å². The monoisotopic (exact) mass is 476 g/mol. The number of anilines is 1. The fourth-order valence-electron chi connectivity index (χ4n) is 6.23. The van der Waals surface area contributed by atoms with Gasteiger partial charge in [0, 0.05) is 76.4 Å². The second-order valence-corrected chi connectivity index (χ2v) is 10.3. The SMILES string of the molecule is Cn1cccc1C1C(CN2CCN(c3ccccc3)CC2)c2ccccc2CN1Cc1ccccc1. The van der Waals surface area contributed by atoms with Crippen LogP contribution < -0.4 is 4.90 Å². The molecule has 184 valence electrons. The van der Waals surface area contributed by atoms with Crippen molar-refractivity contribution < 1.29 is 0 Å². The molecule has 4 heteroatoms. The van der Waals surface area contributed by atoms with Gasteiger partial charge in [0.05, 0.1) is 6.04 Å². The molecule has 2 aliphatic heterocycles. The quantitative estimate of drug-likeness (QED) is 0.355. The van der Waals surface area contributed by atoms with Gasteiger partial charge in [-0.2, -0.15) is 0 Å². The molecule has 0 amide bonds. The Balaban J connectivity index is 1.29. The van der Waals surface area contributed by atoms with Gasteiger partial charge < -0.3 is 9.47 Å². The van der Waals surface area contributed by atoms with E-state index in [0.717, 1.165) is 45.8 Å². The van der Waals surface area contributed by atoms with Crippen LogP contribution in [0.4, 0.5) is 5.69 Å². The molecule has 2 aliphatic rings. The van der Waals surface area contributed by atoms with Gasteiger partial charge in [-0.1, -0.05) is 72.8 Å². The molecule has 2 unspecified atom stereocenters. The largest absolute Gasteiger partial charge is 0.369 e. The zero-order chi connectivity index (χ0) is 24.3. The molecule has 3 heterocycles. The lowest BCUT2D eigenvalue weighted by Gasteiger charge is -2.46. The Morgan fingerprint density at radius 1 is 0.722 bits per heavy atom. The number of fused-ring (bicyclic) bond motifs is 1. The molecular formula is C32H36N4. The Bertz CT molecular complexity index is 1260. The lowest BCUT2D eigenvalue weighted by molar-refractivity contribution is 0.106. The van der Waals surface area contributed by atoms with Crippen molar-refractivity contribution >= 4 is 5.69 Å². The van der Waals surface area contributed by atoms with E-state index in [-0.39, 0.29) is 0 Å². The molecule has 0 bridgehead atoms. The van der Waals surface area contributed by atoms with Gasteiger partial charge in [-0.15, -0.1) is 0 Å². The molecule has 0 aliphatic carbocycles. The Morgan fingerprint density at radius 3 is 2.14 bits per heavy atom. The van der Waals surface area contributed by atoms with Crippen molar-refractivity contribution in [3.63, 3.8) is 0 Å². The van der Waals surface area contributed by atoms with Crippen LogP contribution >= 0.6 is 0 Å². The van der Waals surface area contributed by atoms with Gasteiger partial charge in [-0.05, 0) is 41.0 Å². The van der Waals surface area contributed by atoms with Gasteiger partial charge in [-0.3, -0.25) is 9.80 Å². The van der Waals surface area contributed by atoms with Gasteiger partial charge in [-0.25, -0.2) is 0 Å². The zero-order valence-corrected chi connectivity index (χ0v) is 21.2. The molecule has 4 nitrogen and oxygen atoms in total. The maximum absolute atomic E-state index is 2.71. The first-order valence-corrected chi connectivity index (χ1v) is 13.3. The first-order valence-electron chi connectivity index (χ1n) is 13.3. The molecule has 4 aromatic rings. The molecule has 36 heavy (non-hydrogen) atoms. The fraction of sp³-hybridized carbons (Fsp3) is 0.312. The van der Waals surface area contributed by atoms with Crippen LogP contribution in [0.3, 0.4) is 0 Å². The summed E-state index contributed by atoms with van der Waals surface area (Å²) >= 11 is 0. The average molecular weight is 477 g/mol. The van der Waals surface area contributed by atoms with Gasteiger partial charge in [0.25, 0.3) is 0 Å². The van der Waals surface area contributed by atoms with E-state index in [4.69, 9.17) is 0 Å². The Labute approximate surface area is 215 Å². The summed E-state index contributed by atoms with van der Waals surface area (Å²) in [6.45, 7) is 7.41. The maximum atomic E-state index is 2.71. The first kappa shape index (κ1) is 23.1. The number of hydrogen-bond donors (Lipinski definition) is 0. The number of rotatable bonds is 6. The summed E-state index contributed by atoms with van der Waals surface area (Å²) in [5.41, 5.74) is 7.14. The van der Waals surface area contributed by atoms with Crippen molar-refractivity contribution in [2.75, 3.05) is 37.6 Å². The number of nitrogens with zero attached hydrogens (tertiary/aromatic N) is 4. The Hall–Kier alpha value is -3.34. The van der Waals surface area contributed by atoms with Crippen molar-refractivity contribution in [3.05, 3.63) is 126 Å². The maximum Gasteiger partial charge on any atom is 0.0588 e. The second kappa shape index (κ2) is 10.3. The van der Waals surface area contributed by atoms with Crippen molar-refractivity contribution in [2.24, 2.45) is 7.05 Å². The molecule has 6 rings (SSSR count). The molecule has 0 N–H and O–H groups in total. The molecule has 0 spiro atoms. The van der Waals surface area contributed by atoms with Gasteiger partial charge in [0.15, 0.2) is 0 Å². The zero-order valence-electron chi connectivity index (χ0n) is 21.2. The van der Waals surface area contributed by atoms with Crippen LogP contribution in [0.2, 0.25) is 0 Å². The Kier molecular flexibility index (Phi) is 6.63. The predicted molar refractivity (Wildman–Crippen MR) is 148 cm³/mol. The minimum atomic E-state index is 0.340. The van der Waals surface area contributed by atoms with E-state index in [1.54, 1.807) is 0 Å². The van der Waals surface area contributed by atoms with Crippen molar-refractivity contribution in [1.82, 2.24) is 14.4 Å². The molecule has 0 radical (unpaired) electrons. The summed E-state index contributed by atoms with van der Waals surface area (Å²) in [5, 5.41) is 0. The minimum Gasteiger partial charge on any atom is -0.369 e. The summed E-state index contributed by atoms with van der Waals surface area (Å²) in [5.74, 6) is 0.426. The van der Waals surface area contributed by atoms with Crippen molar-refractivity contribution in [1.29, 1.82) is 0 Å². The average Bonchev–Trinajstić information content (AvgIpc) is 3.35. The highest BCUT2D eigenvalue weighted by molar-refractivity contribution is 5.46. The number of benzene rings is 3. The normalized spacial score (nSPS) is 20.9. The smallest absolute Gasteiger partial charge is 0.0588 e. The minimum absolute atomic E-state index is 0.340. The van der Waals surface area contributed by atoms with E-state index in [1.165, 1.54) is 28.1 Å². The number of aryl methyl sites for hydroxylation is 1. The number of hydrogen-bond acceptors (Lipinski definition) is 3. The van der Waals surface area contributed by atoms with Crippen LogP contribution in [0.5, 0.6) is 0 Å². The van der Waals surface area contributed by atoms with Crippen molar-refractivity contribution in [2.45, 2.75) is 25.0 Å². The van der Waals surface area contributed by atoms with E-state index in [0.29, 0.717) is 12.0 Å². The molecule has 1 saturated heterocycles. The van der Waals surface area contributed by atoms with Gasteiger partial charge >= 0.3 is 0 Å². The molecule has 2 atom stereocenters. The van der Waals surface area contributed by atoms with Crippen molar-refractivity contribution in [3.8, 4) is 0 Å². The van der Waals surface area contributed by atoms with E-state index in [2.05, 4.69) is 130 Å². The van der Waals surface area contributed by atoms with E-state index in [9.17, 15) is 0 Å². The molecular weight excluding hydrogens is 440 g/mol. The third kappa shape index (κ3) is 4.71. The summed E-state index contributed by atoms with van der Waals surface area (Å²) in [7, 11) is 2.20. The van der Waals surface area contributed by atoms with Crippen LogP contribution in [0.15, 0.2) is 103 Å². The lowest BCUT2D eigenvalue weighted by atomic mass is 9.81. The van der Waals surface area contributed by atoms with Gasteiger partial charge in [0.2, 0.25) is 0 Å². The summed E-state index contributed by atoms with van der Waals surface area (Å²) < 4.78 is 2.33. The molecule has 1 fully saturated rings. The number of piperazine rings is 1. The summed E-state index contributed by atoms with van der Waals surface area (Å²) in [4.78, 5) is 7.93. The highest BCUT2D eigenvalue weighted by Crippen LogP contribution is 2.44. The standard InChI is InChI=1S/C32H36N4/c1-33-18-10-17-31(33)32-30(25-34-19-21-35(22-20-34)28-14-6-3-7-15-28)29-16-9-8-13-27(29)24-36(32)23-26-11-4-2-5-12-26/h2-18,30,32H,19-25H2,1H3. The lowest BCUT2D eigenvalue weighted by Crippen LogP contribution is -2.49. The third-order valence-corrected chi connectivity index (χ3v) is 8.07. The first-order chi connectivity index (χ1) is 17.8. The van der Waals surface area contributed by atoms with Crippen LogP contribution in [-0.4, -0.2) is 47.1 Å².